The predicted octanol–water partition coefficient (Wildman–Crippen LogP) is 3.93. The second-order valence-electron chi connectivity index (χ2n) is 3.89. The Morgan fingerprint density at radius 3 is 2.40 bits per heavy atom. The van der Waals surface area contributed by atoms with Gasteiger partial charge in [-0.15, -0.1) is 0 Å². The van der Waals surface area contributed by atoms with E-state index in [1.165, 1.54) is 12.5 Å². The van der Waals surface area contributed by atoms with Crippen LogP contribution in [0.3, 0.4) is 0 Å². The van der Waals surface area contributed by atoms with Gasteiger partial charge in [-0.2, -0.15) is 0 Å². The average Bonchev–Trinajstić information content (AvgIpc) is 2.52. The van der Waals surface area contributed by atoms with Crippen LogP contribution in [-0.2, 0) is 9.53 Å². The van der Waals surface area contributed by atoms with Crippen LogP contribution in [0.2, 0.25) is 0 Å². The van der Waals surface area contributed by atoms with Crippen molar-refractivity contribution < 1.29 is 14.3 Å². The Labute approximate surface area is 117 Å². The number of para-hydroxylation sites is 1. The molecule has 2 aromatic carbocycles. The molecule has 0 saturated heterocycles. The molecule has 0 aromatic heterocycles. The highest BCUT2D eigenvalue weighted by Crippen LogP contribution is 2.29. The quantitative estimate of drug-likeness (QED) is 0.467. The van der Waals surface area contributed by atoms with Crippen molar-refractivity contribution in [1.82, 2.24) is 0 Å². The van der Waals surface area contributed by atoms with E-state index in [4.69, 9.17) is 9.47 Å². The zero-order valence-electron chi connectivity index (χ0n) is 10.9. The Balaban J connectivity index is 2.13. The molecule has 2 rings (SSSR count). The molecule has 2 aromatic rings. The van der Waals surface area contributed by atoms with Crippen LogP contribution in [0.5, 0.6) is 5.75 Å². The van der Waals surface area contributed by atoms with Gasteiger partial charge < -0.3 is 9.47 Å². The van der Waals surface area contributed by atoms with Gasteiger partial charge in [0.05, 0.1) is 0 Å². The number of hydrogen-bond acceptors (Lipinski definition) is 3. The summed E-state index contributed by atoms with van der Waals surface area (Å²) in [4.78, 5) is 10.9. The molecule has 3 heteroatoms. The first-order valence-corrected chi connectivity index (χ1v) is 6.10. The summed E-state index contributed by atoms with van der Waals surface area (Å²) in [6.45, 7) is 3.30. The number of ether oxygens (including phenoxy) is 2. The number of benzene rings is 2. The second-order valence-corrected chi connectivity index (χ2v) is 3.89. The highest BCUT2D eigenvalue weighted by molar-refractivity contribution is 5.81. The highest BCUT2D eigenvalue weighted by Gasteiger charge is 2.03. The van der Waals surface area contributed by atoms with Crippen molar-refractivity contribution in [3.05, 3.63) is 79.8 Å². The second kappa shape index (κ2) is 6.95. The number of rotatable bonds is 5. The summed E-state index contributed by atoms with van der Waals surface area (Å²) < 4.78 is 10.2. The van der Waals surface area contributed by atoms with Crippen LogP contribution < -0.4 is 4.74 Å². The van der Waals surface area contributed by atoms with Gasteiger partial charge in [-0.3, -0.25) is 0 Å². The molecule has 20 heavy (non-hydrogen) atoms. The normalized spacial score (nSPS) is 10.2. The van der Waals surface area contributed by atoms with Crippen molar-refractivity contribution in [2.24, 2.45) is 0 Å². The average molecular weight is 266 g/mol. The van der Waals surface area contributed by atoms with E-state index in [9.17, 15) is 4.79 Å². The summed E-state index contributed by atoms with van der Waals surface area (Å²) in [6.07, 6.45) is 3.59. The maximum atomic E-state index is 10.9. The van der Waals surface area contributed by atoms with Crippen molar-refractivity contribution in [3.63, 3.8) is 0 Å². The van der Waals surface area contributed by atoms with E-state index < -0.39 is 5.97 Å². The maximum Gasteiger partial charge on any atom is 0.335 e. The smallest absolute Gasteiger partial charge is 0.335 e. The lowest BCUT2D eigenvalue weighted by molar-refractivity contribution is -0.132. The molecule has 0 N–H and O–H groups in total. The molecule has 0 aliphatic heterocycles. The lowest BCUT2D eigenvalue weighted by atomic mass is 10.1. The van der Waals surface area contributed by atoms with Gasteiger partial charge in [-0.25, -0.2) is 4.79 Å². The van der Waals surface area contributed by atoms with Gasteiger partial charge >= 0.3 is 5.97 Å². The minimum absolute atomic E-state index is 0.527. The number of carbonyl (C=O) groups excluding carboxylic acids is 1. The van der Waals surface area contributed by atoms with E-state index in [0.717, 1.165) is 17.2 Å². The number of carbonyl (C=O) groups is 1. The molecule has 0 bridgehead atoms. The van der Waals surface area contributed by atoms with Gasteiger partial charge in [0.1, 0.15) is 18.3 Å². The minimum atomic E-state index is -0.527. The first-order chi connectivity index (χ1) is 9.81. The van der Waals surface area contributed by atoms with Gasteiger partial charge in [0.25, 0.3) is 0 Å². The Kier molecular flexibility index (Phi) is 4.73. The fourth-order valence-corrected chi connectivity index (χ4v) is 1.67. The van der Waals surface area contributed by atoms with Crippen LogP contribution >= 0.6 is 0 Å². The molecule has 0 unspecified atom stereocenters. The Morgan fingerprint density at radius 1 is 0.950 bits per heavy atom. The summed E-state index contributed by atoms with van der Waals surface area (Å²) in [7, 11) is 0. The summed E-state index contributed by atoms with van der Waals surface area (Å²) in [5, 5.41) is 0. The molecule has 100 valence electrons. The molecule has 0 amide bonds. The summed E-state index contributed by atoms with van der Waals surface area (Å²) in [6, 6.07) is 17.5. The van der Waals surface area contributed by atoms with Crippen LogP contribution in [0, 0.1) is 0 Å². The van der Waals surface area contributed by atoms with Crippen LogP contribution in [0.15, 0.2) is 79.8 Å². The lowest BCUT2D eigenvalue weighted by Crippen LogP contribution is -1.93. The van der Waals surface area contributed by atoms with Gasteiger partial charge in [0, 0.05) is 11.6 Å². The van der Waals surface area contributed by atoms with Crippen molar-refractivity contribution in [3.8, 4) is 16.9 Å². The van der Waals surface area contributed by atoms with Gasteiger partial charge in [-0.1, -0.05) is 55.1 Å². The third kappa shape index (κ3) is 3.59. The van der Waals surface area contributed by atoms with E-state index >= 15 is 0 Å². The maximum absolute atomic E-state index is 10.9. The number of hydrogen-bond donors (Lipinski definition) is 0. The molecule has 0 atom stereocenters. The van der Waals surface area contributed by atoms with Crippen LogP contribution in [0.4, 0.5) is 0 Å². The van der Waals surface area contributed by atoms with E-state index in [-0.39, 0.29) is 0 Å². The fourth-order valence-electron chi connectivity index (χ4n) is 1.67. The fraction of sp³-hybridized carbons (Fsp3) is 0. The first kappa shape index (κ1) is 13.6. The molecular formula is C17H14O3. The Morgan fingerprint density at radius 2 is 1.65 bits per heavy atom. The zero-order valence-corrected chi connectivity index (χ0v) is 10.9. The van der Waals surface area contributed by atoms with E-state index in [1.807, 2.05) is 54.6 Å². The monoisotopic (exact) mass is 266 g/mol. The molecule has 0 fully saturated rings. The molecular weight excluding hydrogens is 252 g/mol. The number of esters is 1. The standard InChI is InChI=1S/C17H14O3/c1-2-17(18)20-13-12-19-16-11-7-6-10-15(16)14-8-4-3-5-9-14/h2-13H,1H2. The largest absolute Gasteiger partial charge is 0.461 e. The highest BCUT2D eigenvalue weighted by atomic mass is 16.5. The first-order valence-electron chi connectivity index (χ1n) is 6.10. The minimum Gasteiger partial charge on any atom is -0.461 e. The van der Waals surface area contributed by atoms with Crippen molar-refractivity contribution in [1.29, 1.82) is 0 Å². The van der Waals surface area contributed by atoms with E-state index in [1.54, 1.807) is 0 Å². The van der Waals surface area contributed by atoms with Crippen LogP contribution in [0.1, 0.15) is 0 Å². The Hall–Kier alpha value is -2.81. The van der Waals surface area contributed by atoms with Crippen molar-refractivity contribution in [2.45, 2.75) is 0 Å². The Bertz CT molecular complexity index is 615. The predicted molar refractivity (Wildman–Crippen MR) is 77.9 cm³/mol. The van der Waals surface area contributed by atoms with E-state index in [2.05, 4.69) is 6.58 Å². The molecule has 0 aliphatic carbocycles. The molecule has 0 radical (unpaired) electrons. The summed E-state index contributed by atoms with van der Waals surface area (Å²) >= 11 is 0. The lowest BCUT2D eigenvalue weighted by Gasteiger charge is -2.08. The summed E-state index contributed by atoms with van der Waals surface area (Å²) in [5.74, 6) is 0.158. The van der Waals surface area contributed by atoms with Crippen molar-refractivity contribution >= 4 is 5.97 Å². The molecule has 0 heterocycles. The van der Waals surface area contributed by atoms with Crippen LogP contribution in [0.25, 0.3) is 11.1 Å². The molecule has 0 aliphatic rings. The molecule has 0 saturated carbocycles. The molecule has 3 nitrogen and oxygen atoms in total. The SMILES string of the molecule is C=CC(=O)OC=COc1ccccc1-c1ccccc1. The summed E-state index contributed by atoms with van der Waals surface area (Å²) in [5.41, 5.74) is 2.02. The van der Waals surface area contributed by atoms with E-state index in [0.29, 0.717) is 5.75 Å². The third-order valence-corrected chi connectivity index (χ3v) is 2.57. The van der Waals surface area contributed by atoms with Crippen LogP contribution in [-0.4, -0.2) is 5.97 Å². The van der Waals surface area contributed by atoms with Gasteiger partial charge in [0.15, 0.2) is 0 Å². The molecule has 0 spiro atoms. The van der Waals surface area contributed by atoms with Crippen molar-refractivity contribution in [2.75, 3.05) is 0 Å². The third-order valence-electron chi connectivity index (χ3n) is 2.57. The van der Waals surface area contributed by atoms with Gasteiger partial charge in [-0.05, 0) is 11.6 Å². The zero-order chi connectivity index (χ0) is 14.2. The van der Waals surface area contributed by atoms with Gasteiger partial charge in [0.2, 0.25) is 0 Å². The topological polar surface area (TPSA) is 35.5 Å².